The summed E-state index contributed by atoms with van der Waals surface area (Å²) in [5.41, 5.74) is 2.02. The van der Waals surface area contributed by atoms with Crippen molar-refractivity contribution in [2.75, 3.05) is 39.4 Å². The average molecular weight is 649 g/mol. The molecule has 10 heteroatoms. The van der Waals surface area contributed by atoms with Gasteiger partial charge < -0.3 is 10.1 Å². The van der Waals surface area contributed by atoms with Gasteiger partial charge in [-0.2, -0.15) is 13.2 Å². The minimum Gasteiger partial charge on any atom is -0.379 e. The molecule has 3 aliphatic rings. The van der Waals surface area contributed by atoms with Gasteiger partial charge in [0.25, 0.3) is 5.91 Å². The van der Waals surface area contributed by atoms with Crippen LogP contribution in [0.1, 0.15) is 52.7 Å². The van der Waals surface area contributed by atoms with Gasteiger partial charge in [-0.05, 0) is 74.7 Å². The lowest BCUT2D eigenvalue weighted by Gasteiger charge is -2.40. The summed E-state index contributed by atoms with van der Waals surface area (Å²) in [5.74, 6) is -0.276. The molecule has 4 aromatic rings. The van der Waals surface area contributed by atoms with Crippen LogP contribution in [0, 0.1) is 0 Å². The van der Waals surface area contributed by atoms with E-state index in [-0.39, 0.29) is 5.91 Å². The molecular weight excluding hydrogens is 613 g/mol. The van der Waals surface area contributed by atoms with E-state index < -0.39 is 17.3 Å². The Morgan fingerprint density at radius 1 is 0.957 bits per heavy atom. The molecular formula is C36H36ClF3N4O2. The Morgan fingerprint density at radius 2 is 1.70 bits per heavy atom. The standard InChI is InChI=1S/C36H36ClF3N4O2/c37-27-9-10-31-29(22-27)32(34(45)42-35(13-14-35)25-6-2-1-3-7-25)30(33(41-31)24-5-4-8-26(21-24)36(38,39)40)23-43-15-11-28(12-16-43)44-17-19-46-20-18-44/h1-10,21-22,28H,11-20,23H2,(H,42,45). The number of hydrogen-bond donors (Lipinski definition) is 1. The third kappa shape index (κ3) is 6.38. The zero-order valence-corrected chi connectivity index (χ0v) is 26.2. The number of amides is 1. The number of nitrogens with one attached hydrogen (secondary N) is 1. The molecule has 1 aromatic heterocycles. The fraction of sp³-hybridized carbons (Fsp3) is 0.389. The summed E-state index contributed by atoms with van der Waals surface area (Å²) in [6.07, 6.45) is -0.986. The molecule has 46 heavy (non-hydrogen) atoms. The van der Waals surface area contributed by atoms with E-state index in [1.165, 1.54) is 6.07 Å². The van der Waals surface area contributed by atoms with Crippen LogP contribution in [0.4, 0.5) is 13.2 Å². The van der Waals surface area contributed by atoms with Gasteiger partial charge in [0.05, 0.1) is 41.1 Å². The van der Waals surface area contributed by atoms with Gasteiger partial charge in [0.15, 0.2) is 0 Å². The number of benzene rings is 3. The van der Waals surface area contributed by atoms with Gasteiger partial charge in [-0.15, -0.1) is 0 Å². The maximum Gasteiger partial charge on any atom is 0.416 e. The topological polar surface area (TPSA) is 57.7 Å². The van der Waals surface area contributed by atoms with Crippen molar-refractivity contribution in [1.82, 2.24) is 20.1 Å². The van der Waals surface area contributed by atoms with Gasteiger partial charge in [-0.1, -0.05) is 54.1 Å². The highest BCUT2D eigenvalue weighted by Gasteiger charge is 2.46. The number of likely N-dealkylation sites (tertiary alicyclic amines) is 1. The molecule has 2 saturated heterocycles. The molecule has 3 aromatic carbocycles. The highest BCUT2D eigenvalue weighted by Crippen LogP contribution is 2.46. The second kappa shape index (κ2) is 12.6. The van der Waals surface area contributed by atoms with E-state index >= 15 is 0 Å². The zero-order valence-electron chi connectivity index (χ0n) is 25.5. The van der Waals surface area contributed by atoms with Crippen molar-refractivity contribution in [3.63, 3.8) is 0 Å². The normalized spacial score (nSPS) is 19.3. The van der Waals surface area contributed by atoms with Gasteiger partial charge in [0.1, 0.15) is 0 Å². The van der Waals surface area contributed by atoms with Crippen LogP contribution in [-0.2, 0) is 23.0 Å². The lowest BCUT2D eigenvalue weighted by Crippen LogP contribution is -2.48. The Labute approximate surface area is 271 Å². The van der Waals surface area contributed by atoms with E-state index in [9.17, 15) is 18.0 Å². The van der Waals surface area contributed by atoms with Crippen molar-refractivity contribution in [2.45, 2.75) is 50.0 Å². The molecule has 1 saturated carbocycles. The summed E-state index contributed by atoms with van der Waals surface area (Å²) in [7, 11) is 0. The Hall–Kier alpha value is -3.50. The second-order valence-corrected chi connectivity index (χ2v) is 13.0. The predicted molar refractivity (Wildman–Crippen MR) is 173 cm³/mol. The Kier molecular flexibility index (Phi) is 8.52. The number of carbonyl (C=O) groups excluding carboxylic acids is 1. The number of alkyl halides is 3. The summed E-state index contributed by atoms with van der Waals surface area (Å²) < 4.78 is 47.2. The first-order valence-electron chi connectivity index (χ1n) is 15.9. The van der Waals surface area contributed by atoms with Crippen LogP contribution < -0.4 is 5.32 Å². The molecule has 0 unspecified atom stereocenters. The van der Waals surface area contributed by atoms with E-state index in [4.69, 9.17) is 21.3 Å². The summed E-state index contributed by atoms with van der Waals surface area (Å²) >= 11 is 6.49. The van der Waals surface area contributed by atoms with Crippen LogP contribution in [0.3, 0.4) is 0 Å². The number of rotatable bonds is 7. The maximum atomic E-state index is 14.5. The minimum absolute atomic E-state index is 0.276. The molecule has 1 N–H and O–H groups in total. The fourth-order valence-corrected chi connectivity index (χ4v) is 7.20. The molecule has 240 valence electrons. The van der Waals surface area contributed by atoms with E-state index in [2.05, 4.69) is 15.1 Å². The molecule has 0 spiro atoms. The molecule has 1 aliphatic carbocycles. The van der Waals surface area contributed by atoms with E-state index in [1.54, 1.807) is 24.3 Å². The van der Waals surface area contributed by atoms with Crippen molar-refractivity contribution in [3.8, 4) is 11.3 Å². The van der Waals surface area contributed by atoms with Crippen molar-refractivity contribution in [2.24, 2.45) is 0 Å². The van der Waals surface area contributed by atoms with Gasteiger partial charge in [0.2, 0.25) is 0 Å². The third-order valence-electron chi connectivity index (χ3n) is 9.67. The second-order valence-electron chi connectivity index (χ2n) is 12.6. The molecule has 0 radical (unpaired) electrons. The quantitative estimate of drug-likeness (QED) is 0.228. The van der Waals surface area contributed by atoms with Crippen molar-refractivity contribution in [3.05, 3.63) is 100 Å². The number of carbonyl (C=O) groups is 1. The average Bonchev–Trinajstić information content (AvgIpc) is 3.85. The lowest BCUT2D eigenvalue weighted by molar-refractivity contribution is -0.137. The zero-order chi connectivity index (χ0) is 31.9. The van der Waals surface area contributed by atoms with Gasteiger partial charge in [-0.25, -0.2) is 4.98 Å². The van der Waals surface area contributed by atoms with Gasteiger partial charge in [0, 0.05) is 47.2 Å². The minimum atomic E-state index is -4.52. The van der Waals surface area contributed by atoms with Gasteiger partial charge in [-0.3, -0.25) is 14.6 Å². The third-order valence-corrected chi connectivity index (χ3v) is 9.90. The van der Waals surface area contributed by atoms with E-state index in [1.807, 2.05) is 30.3 Å². The molecule has 0 bridgehead atoms. The Balaban J connectivity index is 1.31. The molecule has 3 fully saturated rings. The number of morpholine rings is 1. The monoisotopic (exact) mass is 648 g/mol. The van der Waals surface area contributed by atoms with Crippen molar-refractivity contribution < 1.29 is 22.7 Å². The molecule has 1 amide bonds. The highest BCUT2D eigenvalue weighted by molar-refractivity contribution is 6.31. The molecule has 2 aliphatic heterocycles. The Bertz CT molecular complexity index is 1730. The number of ether oxygens (including phenoxy) is 1. The van der Waals surface area contributed by atoms with Crippen molar-refractivity contribution >= 4 is 28.4 Å². The first-order valence-corrected chi connectivity index (χ1v) is 16.3. The molecule has 0 atom stereocenters. The smallest absolute Gasteiger partial charge is 0.379 e. The summed E-state index contributed by atoms with van der Waals surface area (Å²) in [6, 6.07) is 20.7. The van der Waals surface area contributed by atoms with Gasteiger partial charge >= 0.3 is 6.18 Å². The van der Waals surface area contributed by atoms with Crippen LogP contribution >= 0.6 is 11.6 Å². The number of nitrogens with zero attached hydrogens (tertiary/aromatic N) is 3. The lowest BCUT2D eigenvalue weighted by atomic mass is 9.93. The van der Waals surface area contributed by atoms with Crippen molar-refractivity contribution in [1.29, 1.82) is 0 Å². The highest BCUT2D eigenvalue weighted by atomic mass is 35.5. The summed E-state index contributed by atoms with van der Waals surface area (Å²) in [5, 5.41) is 4.37. The fourth-order valence-electron chi connectivity index (χ4n) is 7.03. The van der Waals surface area contributed by atoms with Crippen LogP contribution in [0.25, 0.3) is 22.2 Å². The number of piperidine rings is 1. The SMILES string of the molecule is O=C(NC1(c2ccccc2)CC1)c1c(CN2CCC(N3CCOCC3)CC2)c(-c2cccc(C(F)(F)F)c2)nc2ccc(Cl)cc12. The number of pyridine rings is 1. The van der Waals surface area contributed by atoms with E-state index in [0.717, 1.165) is 82.8 Å². The number of fused-ring (bicyclic) bond motifs is 1. The predicted octanol–water partition coefficient (Wildman–Crippen LogP) is 7.29. The van der Waals surface area contributed by atoms with Crippen LogP contribution in [-0.4, -0.2) is 66.1 Å². The molecule has 7 rings (SSSR count). The number of halogens is 4. The largest absolute Gasteiger partial charge is 0.416 e. The summed E-state index contributed by atoms with van der Waals surface area (Å²) in [6.45, 7) is 5.31. The molecule has 3 heterocycles. The summed E-state index contributed by atoms with van der Waals surface area (Å²) in [4.78, 5) is 24.2. The van der Waals surface area contributed by atoms with Crippen LogP contribution in [0.15, 0.2) is 72.8 Å². The number of aromatic nitrogens is 1. The first-order chi connectivity index (χ1) is 22.2. The van der Waals surface area contributed by atoms with E-state index in [0.29, 0.717) is 50.9 Å². The first kappa shape index (κ1) is 31.1. The van der Waals surface area contributed by atoms with Crippen LogP contribution in [0.5, 0.6) is 0 Å². The van der Waals surface area contributed by atoms with Crippen LogP contribution in [0.2, 0.25) is 5.02 Å². The Morgan fingerprint density at radius 3 is 2.39 bits per heavy atom. The number of hydrogen-bond acceptors (Lipinski definition) is 5. The maximum absolute atomic E-state index is 14.5. The molecule has 6 nitrogen and oxygen atoms in total.